The fourth-order valence-corrected chi connectivity index (χ4v) is 4.59. The number of aromatic nitrogens is 1. The number of aryl methyl sites for hydroxylation is 3. The van der Waals surface area contributed by atoms with E-state index in [1.807, 2.05) is 19.9 Å². The first kappa shape index (κ1) is 18.4. The lowest BCUT2D eigenvalue weighted by atomic mass is 10.2. The highest BCUT2D eigenvalue weighted by atomic mass is 32.2. The Morgan fingerprint density at radius 2 is 1.96 bits per heavy atom. The van der Waals surface area contributed by atoms with Crippen LogP contribution in [0.1, 0.15) is 39.8 Å². The summed E-state index contributed by atoms with van der Waals surface area (Å²) in [5, 5.41) is 2.96. The highest BCUT2D eigenvalue weighted by molar-refractivity contribution is 7.93. The molecule has 0 bridgehead atoms. The van der Waals surface area contributed by atoms with Crippen LogP contribution in [0.3, 0.4) is 0 Å². The van der Waals surface area contributed by atoms with Crippen molar-refractivity contribution in [2.24, 2.45) is 0 Å². The third kappa shape index (κ3) is 4.12. The predicted octanol–water partition coefficient (Wildman–Crippen LogP) is 3.01. The van der Waals surface area contributed by atoms with Crippen LogP contribution >= 0.6 is 11.3 Å². The molecule has 24 heavy (non-hydrogen) atoms. The van der Waals surface area contributed by atoms with Crippen LogP contribution in [0, 0.1) is 20.8 Å². The summed E-state index contributed by atoms with van der Waals surface area (Å²) >= 11 is 1.04. The van der Waals surface area contributed by atoms with Crippen molar-refractivity contribution in [2.45, 2.75) is 39.0 Å². The monoisotopic (exact) mass is 367 g/mol. The minimum atomic E-state index is -3.74. The van der Waals surface area contributed by atoms with Gasteiger partial charge in [0.2, 0.25) is 0 Å². The maximum absolute atomic E-state index is 12.6. The number of amides is 1. The van der Waals surface area contributed by atoms with Crippen LogP contribution in [0.2, 0.25) is 0 Å². The van der Waals surface area contributed by atoms with E-state index in [1.54, 1.807) is 26.0 Å². The van der Waals surface area contributed by atoms with Gasteiger partial charge in [-0.2, -0.15) is 0 Å². The van der Waals surface area contributed by atoms with E-state index < -0.39 is 10.0 Å². The van der Waals surface area contributed by atoms with Crippen LogP contribution in [0.25, 0.3) is 0 Å². The van der Waals surface area contributed by atoms with Crippen molar-refractivity contribution in [3.05, 3.63) is 39.9 Å². The second kappa shape index (κ2) is 7.31. The van der Waals surface area contributed by atoms with Gasteiger partial charge in [-0.15, -0.1) is 0 Å². The molecule has 0 aliphatic heterocycles. The second-order valence-electron chi connectivity index (χ2n) is 5.56. The van der Waals surface area contributed by atoms with Crippen molar-refractivity contribution in [3.8, 4) is 0 Å². The Kier molecular flexibility index (Phi) is 5.61. The molecule has 1 amide bonds. The maximum Gasteiger partial charge on any atom is 0.263 e. The van der Waals surface area contributed by atoms with Crippen molar-refractivity contribution < 1.29 is 13.2 Å². The molecular weight excluding hydrogens is 346 g/mol. The molecule has 8 heteroatoms. The van der Waals surface area contributed by atoms with Gasteiger partial charge in [-0.3, -0.25) is 9.52 Å². The van der Waals surface area contributed by atoms with Crippen molar-refractivity contribution >= 4 is 32.4 Å². The lowest BCUT2D eigenvalue weighted by Crippen LogP contribution is -2.23. The third-order valence-corrected chi connectivity index (χ3v) is 6.08. The zero-order valence-electron chi connectivity index (χ0n) is 14.1. The Bertz CT molecular complexity index is 857. The average molecular weight is 367 g/mol. The molecule has 0 fully saturated rings. The molecule has 1 heterocycles. The molecule has 130 valence electrons. The second-order valence-corrected chi connectivity index (χ2v) is 8.21. The van der Waals surface area contributed by atoms with Gasteiger partial charge in [0.15, 0.2) is 5.13 Å². The highest BCUT2D eigenvalue weighted by Crippen LogP contribution is 2.26. The number of carbonyl (C=O) groups is 1. The Morgan fingerprint density at radius 1 is 1.25 bits per heavy atom. The van der Waals surface area contributed by atoms with E-state index in [1.165, 1.54) is 0 Å². The quantitative estimate of drug-likeness (QED) is 0.821. The Balaban J connectivity index is 2.26. The van der Waals surface area contributed by atoms with E-state index in [-0.39, 0.29) is 15.9 Å². The number of hydrogen-bond acceptors (Lipinski definition) is 5. The molecule has 6 nitrogen and oxygen atoms in total. The molecule has 0 saturated heterocycles. The van der Waals surface area contributed by atoms with Gasteiger partial charge in [0.05, 0.1) is 10.6 Å². The Hall–Kier alpha value is -1.93. The number of rotatable bonds is 6. The molecule has 2 rings (SSSR count). The van der Waals surface area contributed by atoms with Gasteiger partial charge < -0.3 is 5.32 Å². The molecule has 2 N–H and O–H groups in total. The molecule has 1 aromatic carbocycles. The number of benzene rings is 1. The maximum atomic E-state index is 12.6. The van der Waals surface area contributed by atoms with Gasteiger partial charge in [-0.1, -0.05) is 36.0 Å². The molecule has 0 spiro atoms. The summed E-state index contributed by atoms with van der Waals surface area (Å²) < 4.78 is 27.6. The van der Waals surface area contributed by atoms with Gasteiger partial charge in [0.25, 0.3) is 15.9 Å². The molecule has 2 aromatic rings. The number of nitrogens with one attached hydrogen (secondary N) is 2. The minimum Gasteiger partial charge on any atom is -0.351 e. The summed E-state index contributed by atoms with van der Waals surface area (Å²) in [5.41, 5.74) is 2.16. The molecule has 0 radical (unpaired) electrons. The van der Waals surface area contributed by atoms with Gasteiger partial charge in [0.1, 0.15) is 4.88 Å². The standard InChI is InChI=1S/C16H21N3O3S2/c1-5-8-17-15(20)14-12(4)18-16(23-14)19-24(21,22)13-7-6-10(2)9-11(13)3/h6-7,9H,5,8H2,1-4H3,(H,17,20)(H,18,19). The number of carbonyl (C=O) groups excluding carboxylic acids is 1. The summed E-state index contributed by atoms with van der Waals surface area (Å²) in [6, 6.07) is 5.13. The van der Waals surface area contributed by atoms with E-state index in [2.05, 4.69) is 15.0 Å². The van der Waals surface area contributed by atoms with E-state index in [9.17, 15) is 13.2 Å². The zero-order chi connectivity index (χ0) is 17.9. The van der Waals surface area contributed by atoms with Crippen LogP contribution < -0.4 is 10.0 Å². The summed E-state index contributed by atoms with van der Waals surface area (Å²) in [6.45, 7) is 7.87. The number of thiazole rings is 1. The van der Waals surface area contributed by atoms with Crippen LogP contribution in [0.4, 0.5) is 5.13 Å². The first-order valence-electron chi connectivity index (χ1n) is 7.60. The SMILES string of the molecule is CCCNC(=O)c1sc(NS(=O)(=O)c2ccc(C)cc2C)nc1C. The average Bonchev–Trinajstić information content (AvgIpc) is 2.84. The first-order chi connectivity index (χ1) is 11.2. The molecule has 0 saturated carbocycles. The molecule has 0 aliphatic rings. The van der Waals surface area contributed by atoms with Crippen molar-refractivity contribution in [3.63, 3.8) is 0 Å². The topological polar surface area (TPSA) is 88.2 Å². The van der Waals surface area contributed by atoms with Crippen LogP contribution in [0.5, 0.6) is 0 Å². The molecule has 1 aromatic heterocycles. The summed E-state index contributed by atoms with van der Waals surface area (Å²) in [5.74, 6) is -0.233. The largest absolute Gasteiger partial charge is 0.351 e. The Labute approximate surface area is 146 Å². The number of nitrogens with zero attached hydrogens (tertiary/aromatic N) is 1. The van der Waals surface area contributed by atoms with Gasteiger partial charge in [-0.05, 0) is 38.8 Å². The number of hydrogen-bond donors (Lipinski definition) is 2. The smallest absolute Gasteiger partial charge is 0.263 e. The summed E-state index contributed by atoms with van der Waals surface area (Å²) in [4.78, 5) is 16.8. The van der Waals surface area contributed by atoms with E-state index in [4.69, 9.17) is 0 Å². The lowest BCUT2D eigenvalue weighted by Gasteiger charge is -2.08. The molecule has 0 unspecified atom stereocenters. The zero-order valence-corrected chi connectivity index (χ0v) is 15.8. The molecular formula is C16H21N3O3S2. The lowest BCUT2D eigenvalue weighted by molar-refractivity contribution is 0.0957. The summed E-state index contributed by atoms with van der Waals surface area (Å²) in [6.07, 6.45) is 0.829. The van der Waals surface area contributed by atoms with E-state index >= 15 is 0 Å². The fraction of sp³-hybridized carbons (Fsp3) is 0.375. The van der Waals surface area contributed by atoms with Crippen LogP contribution in [-0.2, 0) is 10.0 Å². The number of anilines is 1. The van der Waals surface area contributed by atoms with Gasteiger partial charge in [0, 0.05) is 6.54 Å². The van der Waals surface area contributed by atoms with Crippen molar-refractivity contribution in [2.75, 3.05) is 11.3 Å². The molecule has 0 atom stereocenters. The first-order valence-corrected chi connectivity index (χ1v) is 9.90. The Morgan fingerprint density at radius 3 is 2.58 bits per heavy atom. The third-order valence-electron chi connectivity index (χ3n) is 3.38. The normalized spacial score (nSPS) is 11.3. The van der Waals surface area contributed by atoms with Crippen LogP contribution in [0.15, 0.2) is 23.1 Å². The summed E-state index contributed by atoms with van der Waals surface area (Å²) in [7, 11) is -3.74. The fourth-order valence-electron chi connectivity index (χ4n) is 2.24. The van der Waals surface area contributed by atoms with E-state index in [0.717, 1.165) is 23.3 Å². The minimum absolute atomic E-state index is 0.189. The predicted molar refractivity (Wildman–Crippen MR) is 96.2 cm³/mol. The van der Waals surface area contributed by atoms with Crippen LogP contribution in [-0.4, -0.2) is 25.9 Å². The van der Waals surface area contributed by atoms with Gasteiger partial charge >= 0.3 is 0 Å². The van der Waals surface area contributed by atoms with Gasteiger partial charge in [-0.25, -0.2) is 13.4 Å². The van der Waals surface area contributed by atoms with Crippen molar-refractivity contribution in [1.29, 1.82) is 0 Å². The number of sulfonamides is 1. The molecule has 0 aliphatic carbocycles. The van der Waals surface area contributed by atoms with Crippen molar-refractivity contribution in [1.82, 2.24) is 10.3 Å². The highest BCUT2D eigenvalue weighted by Gasteiger charge is 2.21. The van der Waals surface area contributed by atoms with E-state index in [0.29, 0.717) is 22.7 Å².